The van der Waals surface area contributed by atoms with Crippen molar-refractivity contribution in [2.75, 3.05) is 50.0 Å². The van der Waals surface area contributed by atoms with Gasteiger partial charge in [-0.1, -0.05) is 19.3 Å². The Morgan fingerprint density at radius 2 is 1.63 bits per heavy atom. The zero-order chi connectivity index (χ0) is 18.9. The number of hydrogen-bond acceptors (Lipinski definition) is 5. The zero-order valence-electron chi connectivity index (χ0n) is 15.8. The van der Waals surface area contributed by atoms with Crippen LogP contribution in [0.1, 0.15) is 32.1 Å². The average molecular weight is 374 g/mol. The lowest BCUT2D eigenvalue weighted by atomic mass is 10.1. The molecule has 2 amide bonds. The molecule has 3 N–H and O–H groups in total. The minimum Gasteiger partial charge on any atom is -0.378 e. The van der Waals surface area contributed by atoms with Gasteiger partial charge in [-0.3, -0.25) is 14.5 Å². The molecule has 2 heterocycles. The third-order valence-corrected chi connectivity index (χ3v) is 4.99. The largest absolute Gasteiger partial charge is 0.378 e. The Balaban J connectivity index is 1.45. The van der Waals surface area contributed by atoms with Gasteiger partial charge in [-0.05, 0) is 50.2 Å². The monoisotopic (exact) mass is 374 g/mol. The molecule has 0 aliphatic carbocycles. The van der Waals surface area contributed by atoms with E-state index >= 15 is 0 Å². The van der Waals surface area contributed by atoms with Crippen molar-refractivity contribution < 1.29 is 14.3 Å². The second kappa shape index (κ2) is 10.4. The smallest absolute Gasteiger partial charge is 0.243 e. The van der Waals surface area contributed by atoms with Crippen LogP contribution in [0.25, 0.3) is 0 Å². The number of carbonyl (C=O) groups excluding carboxylic acids is 2. The number of nitrogens with one attached hydrogen (secondary N) is 3. The lowest BCUT2D eigenvalue weighted by Crippen LogP contribution is -2.48. The van der Waals surface area contributed by atoms with Crippen LogP contribution in [-0.4, -0.2) is 62.1 Å². The number of anilines is 2. The topological polar surface area (TPSA) is 82.7 Å². The number of nitrogens with zero attached hydrogens (tertiary/aromatic N) is 1. The van der Waals surface area contributed by atoms with Gasteiger partial charge in [0.15, 0.2) is 0 Å². The van der Waals surface area contributed by atoms with E-state index in [1.54, 1.807) is 12.1 Å². The summed E-state index contributed by atoms with van der Waals surface area (Å²) < 4.78 is 5.31. The van der Waals surface area contributed by atoms with Gasteiger partial charge < -0.3 is 20.7 Å². The molecular weight excluding hydrogens is 344 g/mol. The molecule has 0 spiro atoms. The van der Waals surface area contributed by atoms with Crippen LogP contribution < -0.4 is 16.0 Å². The second-order valence-electron chi connectivity index (χ2n) is 7.24. The lowest BCUT2D eigenvalue weighted by molar-refractivity contribution is -0.121. The maximum Gasteiger partial charge on any atom is 0.243 e. The van der Waals surface area contributed by atoms with E-state index < -0.39 is 0 Å². The second-order valence-corrected chi connectivity index (χ2v) is 7.24. The average Bonchev–Trinajstić information content (AvgIpc) is 2.66. The molecule has 7 heteroatoms. The molecular formula is C20H30N4O3. The fourth-order valence-electron chi connectivity index (χ4n) is 3.47. The quantitative estimate of drug-likeness (QED) is 0.732. The van der Waals surface area contributed by atoms with Gasteiger partial charge in [-0.15, -0.1) is 0 Å². The molecule has 0 saturated carbocycles. The molecule has 2 fully saturated rings. The van der Waals surface area contributed by atoms with Gasteiger partial charge in [-0.2, -0.15) is 0 Å². The van der Waals surface area contributed by atoms with Crippen LogP contribution in [0, 0.1) is 0 Å². The van der Waals surface area contributed by atoms with E-state index in [4.69, 9.17) is 4.74 Å². The number of carbonyl (C=O) groups is 2. The Morgan fingerprint density at radius 1 is 1.00 bits per heavy atom. The molecule has 148 valence electrons. The Morgan fingerprint density at radius 3 is 2.26 bits per heavy atom. The van der Waals surface area contributed by atoms with Crippen LogP contribution in [-0.2, 0) is 14.3 Å². The highest BCUT2D eigenvalue weighted by Crippen LogP contribution is 2.15. The number of ether oxygens (including phenoxy) is 1. The van der Waals surface area contributed by atoms with Crippen LogP contribution in [0.5, 0.6) is 0 Å². The summed E-state index contributed by atoms with van der Waals surface area (Å²) >= 11 is 0. The Kier molecular flexibility index (Phi) is 7.62. The van der Waals surface area contributed by atoms with Crippen LogP contribution in [0.2, 0.25) is 0 Å². The number of amides is 2. The lowest BCUT2D eigenvalue weighted by Gasteiger charge is -2.24. The third kappa shape index (κ3) is 6.61. The van der Waals surface area contributed by atoms with E-state index in [9.17, 15) is 9.59 Å². The Labute approximate surface area is 160 Å². The van der Waals surface area contributed by atoms with Gasteiger partial charge in [0.25, 0.3) is 0 Å². The van der Waals surface area contributed by atoms with Gasteiger partial charge in [0.2, 0.25) is 11.8 Å². The summed E-state index contributed by atoms with van der Waals surface area (Å²) in [5, 5.41) is 8.94. The molecule has 1 aromatic rings. The molecule has 1 unspecified atom stereocenters. The molecule has 2 aliphatic heterocycles. The van der Waals surface area contributed by atoms with E-state index in [2.05, 4.69) is 20.9 Å². The van der Waals surface area contributed by atoms with Crippen LogP contribution in [0.15, 0.2) is 24.3 Å². The SMILES string of the molecule is O=C(CN1CCCCCCC1)Nc1ccc(NC(=O)C2COCCN2)cc1. The maximum absolute atomic E-state index is 12.3. The third-order valence-electron chi connectivity index (χ3n) is 4.99. The highest BCUT2D eigenvalue weighted by Gasteiger charge is 2.21. The number of likely N-dealkylation sites (tertiary alicyclic amines) is 1. The van der Waals surface area contributed by atoms with Crippen LogP contribution >= 0.6 is 0 Å². The summed E-state index contributed by atoms with van der Waals surface area (Å²) in [5.41, 5.74) is 1.44. The number of morpholine rings is 1. The minimum atomic E-state index is -0.323. The van der Waals surface area contributed by atoms with Crippen molar-refractivity contribution in [3.8, 4) is 0 Å². The van der Waals surface area contributed by atoms with Gasteiger partial charge >= 0.3 is 0 Å². The summed E-state index contributed by atoms with van der Waals surface area (Å²) in [7, 11) is 0. The molecule has 2 saturated heterocycles. The number of benzene rings is 1. The minimum absolute atomic E-state index is 0.0101. The first-order valence-electron chi connectivity index (χ1n) is 9.95. The van der Waals surface area contributed by atoms with E-state index in [0.717, 1.165) is 18.8 Å². The molecule has 0 bridgehead atoms. The van der Waals surface area contributed by atoms with Crippen molar-refractivity contribution in [2.45, 2.75) is 38.1 Å². The first-order valence-corrected chi connectivity index (χ1v) is 9.95. The molecule has 3 rings (SSSR count). The molecule has 0 aromatic heterocycles. The summed E-state index contributed by atoms with van der Waals surface area (Å²) in [6.07, 6.45) is 6.17. The van der Waals surface area contributed by atoms with Crippen LogP contribution in [0.3, 0.4) is 0 Å². The predicted octanol–water partition coefficient (Wildman–Crippen LogP) is 1.82. The summed E-state index contributed by atoms with van der Waals surface area (Å²) in [6, 6.07) is 6.90. The van der Waals surface area contributed by atoms with Crippen molar-refractivity contribution in [1.82, 2.24) is 10.2 Å². The molecule has 27 heavy (non-hydrogen) atoms. The highest BCUT2D eigenvalue weighted by atomic mass is 16.5. The molecule has 2 aliphatic rings. The first-order chi connectivity index (χ1) is 13.2. The Bertz CT molecular complexity index is 606. The molecule has 7 nitrogen and oxygen atoms in total. The van der Waals surface area contributed by atoms with Crippen molar-refractivity contribution in [2.24, 2.45) is 0 Å². The predicted molar refractivity (Wildman–Crippen MR) is 106 cm³/mol. The normalized spacial score (nSPS) is 21.7. The van der Waals surface area contributed by atoms with Gasteiger partial charge in [-0.25, -0.2) is 0 Å². The first kappa shape index (κ1) is 19.8. The fraction of sp³-hybridized carbons (Fsp3) is 0.600. The van der Waals surface area contributed by atoms with Crippen molar-refractivity contribution in [1.29, 1.82) is 0 Å². The van der Waals surface area contributed by atoms with Crippen molar-refractivity contribution >= 4 is 23.2 Å². The molecule has 0 radical (unpaired) electrons. The standard InChI is InChI=1S/C20H30N4O3/c25-19(14-24-11-4-2-1-3-5-12-24)22-16-6-8-17(9-7-16)23-20(26)18-15-27-13-10-21-18/h6-9,18,21H,1-5,10-15H2,(H,22,25)(H,23,26). The number of hydrogen-bond donors (Lipinski definition) is 3. The van der Waals surface area contributed by atoms with Gasteiger partial charge in [0, 0.05) is 17.9 Å². The summed E-state index contributed by atoms with van der Waals surface area (Å²) in [5.74, 6) is -0.0977. The van der Waals surface area contributed by atoms with E-state index in [0.29, 0.717) is 32.0 Å². The number of rotatable bonds is 5. The van der Waals surface area contributed by atoms with Crippen LogP contribution in [0.4, 0.5) is 11.4 Å². The van der Waals surface area contributed by atoms with Crippen molar-refractivity contribution in [3.63, 3.8) is 0 Å². The van der Waals surface area contributed by atoms with Gasteiger partial charge in [0.1, 0.15) is 6.04 Å². The summed E-state index contributed by atoms with van der Waals surface area (Å²) in [4.78, 5) is 26.7. The molecule has 1 aromatic carbocycles. The van der Waals surface area contributed by atoms with E-state index in [1.165, 1.54) is 32.1 Å². The fourth-order valence-corrected chi connectivity index (χ4v) is 3.47. The Hall–Kier alpha value is -1.96. The van der Waals surface area contributed by atoms with E-state index in [1.807, 2.05) is 12.1 Å². The summed E-state index contributed by atoms with van der Waals surface area (Å²) in [6.45, 7) is 4.13. The maximum atomic E-state index is 12.3. The highest BCUT2D eigenvalue weighted by molar-refractivity contribution is 5.96. The molecule has 1 atom stereocenters. The zero-order valence-corrected chi connectivity index (χ0v) is 15.8. The van der Waals surface area contributed by atoms with Crippen molar-refractivity contribution in [3.05, 3.63) is 24.3 Å². The van der Waals surface area contributed by atoms with E-state index in [-0.39, 0.29) is 17.9 Å². The van der Waals surface area contributed by atoms with Gasteiger partial charge in [0.05, 0.1) is 19.8 Å².